The molecule has 1 atom stereocenters. The van der Waals surface area contributed by atoms with Crippen molar-refractivity contribution in [2.75, 3.05) is 12.0 Å². The van der Waals surface area contributed by atoms with E-state index >= 15 is 0 Å². The molecule has 0 aliphatic heterocycles. The normalized spacial score (nSPS) is 14.3. The number of nitrogens with one attached hydrogen (secondary N) is 1. The summed E-state index contributed by atoms with van der Waals surface area (Å²) in [5.41, 5.74) is 1.01. The van der Waals surface area contributed by atoms with Crippen molar-refractivity contribution in [2.45, 2.75) is 50.7 Å². The summed E-state index contributed by atoms with van der Waals surface area (Å²) in [5, 5.41) is 25.5. The van der Waals surface area contributed by atoms with Crippen LogP contribution < -0.4 is 15.0 Å². The minimum Gasteiger partial charge on any atom is -0.508 e. The third-order valence-corrected chi connectivity index (χ3v) is 7.11. The molecule has 2 N–H and O–H groups in total. The summed E-state index contributed by atoms with van der Waals surface area (Å²) in [5.74, 6) is -0.838. The zero-order chi connectivity index (χ0) is 28.8. The topological polar surface area (TPSA) is 122 Å². The van der Waals surface area contributed by atoms with Crippen molar-refractivity contribution in [1.29, 1.82) is 0 Å². The number of aromatic nitrogens is 4. The van der Waals surface area contributed by atoms with Crippen LogP contribution in [0.2, 0.25) is 0 Å². The van der Waals surface area contributed by atoms with Gasteiger partial charge >= 0.3 is 0 Å². The number of halogens is 1. The second-order valence-corrected chi connectivity index (χ2v) is 9.93. The predicted molar refractivity (Wildman–Crippen MR) is 150 cm³/mol. The fourth-order valence-electron chi connectivity index (χ4n) is 5.07. The van der Waals surface area contributed by atoms with Crippen molar-refractivity contribution >= 4 is 17.5 Å². The number of carbonyl (C=O) groups is 2. The van der Waals surface area contributed by atoms with Gasteiger partial charge in [0.1, 0.15) is 29.9 Å². The van der Waals surface area contributed by atoms with Crippen molar-refractivity contribution in [3.8, 4) is 22.9 Å². The summed E-state index contributed by atoms with van der Waals surface area (Å²) in [6.07, 6.45) is 4.90. The Bertz CT molecular complexity index is 1500. The maximum atomic E-state index is 14.3. The van der Waals surface area contributed by atoms with E-state index in [9.17, 15) is 19.1 Å². The summed E-state index contributed by atoms with van der Waals surface area (Å²) in [4.78, 5) is 30.4. The molecule has 0 radical (unpaired) electrons. The van der Waals surface area contributed by atoms with Crippen LogP contribution >= 0.6 is 0 Å². The molecule has 3 aromatic carbocycles. The Hall–Kier alpha value is -4.80. The lowest BCUT2D eigenvalue weighted by atomic mass is 9.94. The number of benzene rings is 3. The molecule has 1 fully saturated rings. The minimum absolute atomic E-state index is 0.00145. The quantitative estimate of drug-likeness (QED) is 0.312. The number of phenols is 1. The first-order chi connectivity index (χ1) is 19.9. The zero-order valence-electron chi connectivity index (χ0n) is 22.6. The van der Waals surface area contributed by atoms with Crippen molar-refractivity contribution in [1.82, 2.24) is 25.5 Å². The predicted octanol–water partition coefficient (Wildman–Crippen LogP) is 4.42. The van der Waals surface area contributed by atoms with Gasteiger partial charge in [-0.05, 0) is 60.0 Å². The molecule has 41 heavy (non-hydrogen) atoms. The highest BCUT2D eigenvalue weighted by molar-refractivity contribution is 6.01. The lowest BCUT2D eigenvalue weighted by molar-refractivity contribution is -0.127. The average molecular weight is 559 g/mol. The Labute approximate surface area is 236 Å². The Morgan fingerprint density at radius 3 is 2.54 bits per heavy atom. The first-order valence-electron chi connectivity index (χ1n) is 13.5. The number of tetrazole rings is 1. The van der Waals surface area contributed by atoms with E-state index in [0.717, 1.165) is 36.9 Å². The molecule has 5 rings (SSSR count). The Balaban J connectivity index is 1.51. The van der Waals surface area contributed by atoms with Gasteiger partial charge in [-0.2, -0.15) is 4.80 Å². The highest BCUT2D eigenvalue weighted by atomic mass is 19.1. The number of hydrogen-bond donors (Lipinski definition) is 2. The number of anilines is 1. The number of nitrogens with zero attached hydrogens (tertiary/aromatic N) is 5. The number of phenolic OH excluding ortho intramolecular Hbond substituents is 1. The molecule has 1 heterocycles. The van der Waals surface area contributed by atoms with Crippen LogP contribution in [0.1, 0.15) is 43.7 Å². The van der Waals surface area contributed by atoms with Gasteiger partial charge in [0.2, 0.25) is 11.7 Å². The fourth-order valence-corrected chi connectivity index (χ4v) is 5.07. The van der Waals surface area contributed by atoms with Crippen LogP contribution in [0.25, 0.3) is 11.4 Å². The molecule has 0 spiro atoms. The van der Waals surface area contributed by atoms with Gasteiger partial charge in [-0.3, -0.25) is 14.5 Å². The standard InChI is InChI=1S/C30H31FN6O4/c1-41-24-16-14-20(15-17-24)28(30(40)32-21-8-3-2-4-9-21)37(22-10-7-11-23(38)18-22)27(39)19-36-34-29(33-35-36)25-12-5-6-13-26(25)31/h5-7,10-18,21,28,38H,2-4,8-9,19H2,1H3,(H,32,40). The van der Waals surface area contributed by atoms with Crippen molar-refractivity contribution < 1.29 is 23.8 Å². The molecule has 4 aromatic rings. The second-order valence-electron chi connectivity index (χ2n) is 9.93. The first kappa shape index (κ1) is 27.8. The zero-order valence-corrected chi connectivity index (χ0v) is 22.6. The van der Waals surface area contributed by atoms with Gasteiger partial charge in [-0.1, -0.05) is 49.6 Å². The van der Waals surface area contributed by atoms with Gasteiger partial charge < -0.3 is 15.2 Å². The van der Waals surface area contributed by atoms with E-state index in [4.69, 9.17) is 4.74 Å². The summed E-state index contributed by atoms with van der Waals surface area (Å²) < 4.78 is 19.6. The third kappa shape index (κ3) is 6.51. The fraction of sp³-hybridized carbons (Fsp3) is 0.300. The van der Waals surface area contributed by atoms with Crippen LogP contribution in [-0.4, -0.2) is 50.3 Å². The molecular weight excluding hydrogens is 527 g/mol. The van der Waals surface area contributed by atoms with Gasteiger partial charge in [-0.25, -0.2) is 4.39 Å². The molecule has 1 aliphatic carbocycles. The van der Waals surface area contributed by atoms with Crippen LogP contribution in [0.3, 0.4) is 0 Å². The van der Waals surface area contributed by atoms with Gasteiger partial charge in [0.05, 0.1) is 12.7 Å². The Morgan fingerprint density at radius 2 is 1.83 bits per heavy atom. The van der Waals surface area contributed by atoms with Crippen molar-refractivity contribution in [2.24, 2.45) is 0 Å². The number of hydrogen-bond acceptors (Lipinski definition) is 7. The molecule has 2 amide bonds. The third-order valence-electron chi connectivity index (χ3n) is 7.11. The average Bonchev–Trinajstić information content (AvgIpc) is 3.44. The minimum atomic E-state index is -1.08. The van der Waals surface area contributed by atoms with Gasteiger partial charge in [0.15, 0.2) is 0 Å². The molecule has 11 heteroatoms. The van der Waals surface area contributed by atoms with E-state index in [1.54, 1.807) is 55.6 Å². The summed E-state index contributed by atoms with van der Waals surface area (Å²) >= 11 is 0. The second kappa shape index (κ2) is 12.6. The van der Waals surface area contributed by atoms with Crippen LogP contribution in [0, 0.1) is 5.82 Å². The van der Waals surface area contributed by atoms with Crippen LogP contribution in [-0.2, 0) is 16.1 Å². The smallest absolute Gasteiger partial charge is 0.251 e. The van der Waals surface area contributed by atoms with Crippen LogP contribution in [0.15, 0.2) is 72.8 Å². The molecular formula is C30H31FN6O4. The van der Waals surface area contributed by atoms with Gasteiger partial charge in [0.25, 0.3) is 5.91 Å². The molecule has 212 valence electrons. The number of rotatable bonds is 9. The Kier molecular flexibility index (Phi) is 8.52. The highest BCUT2D eigenvalue weighted by Gasteiger charge is 2.35. The van der Waals surface area contributed by atoms with E-state index < -0.39 is 17.8 Å². The number of ether oxygens (including phenoxy) is 1. The molecule has 1 unspecified atom stereocenters. The largest absolute Gasteiger partial charge is 0.508 e. The van der Waals surface area contributed by atoms with Gasteiger partial charge in [0, 0.05) is 17.8 Å². The lowest BCUT2D eigenvalue weighted by Crippen LogP contribution is -2.48. The number of amides is 2. The lowest BCUT2D eigenvalue weighted by Gasteiger charge is -2.33. The molecule has 1 saturated carbocycles. The van der Waals surface area contributed by atoms with E-state index in [2.05, 4.69) is 20.7 Å². The molecule has 0 bridgehead atoms. The first-order valence-corrected chi connectivity index (χ1v) is 13.5. The summed E-state index contributed by atoms with van der Waals surface area (Å²) in [6, 6.07) is 18.0. The van der Waals surface area contributed by atoms with E-state index in [-0.39, 0.29) is 35.6 Å². The SMILES string of the molecule is COc1ccc(C(C(=O)NC2CCCCC2)N(C(=O)Cn2nnc(-c3ccccc3F)n2)c2cccc(O)c2)cc1. The summed E-state index contributed by atoms with van der Waals surface area (Å²) in [7, 11) is 1.55. The Morgan fingerprint density at radius 1 is 1.07 bits per heavy atom. The number of carbonyl (C=O) groups excluding carboxylic acids is 2. The van der Waals surface area contributed by atoms with E-state index in [0.29, 0.717) is 17.0 Å². The molecule has 10 nitrogen and oxygen atoms in total. The molecule has 1 aliphatic rings. The monoisotopic (exact) mass is 558 g/mol. The van der Waals surface area contributed by atoms with E-state index in [1.165, 1.54) is 29.2 Å². The number of methoxy groups -OCH3 is 1. The van der Waals surface area contributed by atoms with Crippen molar-refractivity contribution in [3.63, 3.8) is 0 Å². The maximum absolute atomic E-state index is 14.3. The van der Waals surface area contributed by atoms with Crippen LogP contribution in [0.5, 0.6) is 11.5 Å². The van der Waals surface area contributed by atoms with Gasteiger partial charge in [-0.15, -0.1) is 10.2 Å². The molecule has 1 aromatic heterocycles. The summed E-state index contributed by atoms with van der Waals surface area (Å²) in [6.45, 7) is -0.388. The van der Waals surface area contributed by atoms with E-state index in [1.807, 2.05) is 0 Å². The highest BCUT2D eigenvalue weighted by Crippen LogP contribution is 2.32. The number of aromatic hydroxyl groups is 1. The molecule has 0 saturated heterocycles. The maximum Gasteiger partial charge on any atom is 0.251 e. The van der Waals surface area contributed by atoms with Crippen LogP contribution in [0.4, 0.5) is 10.1 Å². The van der Waals surface area contributed by atoms with Crippen molar-refractivity contribution in [3.05, 3.63) is 84.2 Å².